The molecule has 0 saturated carbocycles. The maximum absolute atomic E-state index is 11.6. The predicted octanol–water partition coefficient (Wildman–Crippen LogP) is 3.00. The summed E-state index contributed by atoms with van der Waals surface area (Å²) in [7, 11) is 0. The van der Waals surface area contributed by atoms with Crippen molar-refractivity contribution in [3.63, 3.8) is 0 Å². The van der Waals surface area contributed by atoms with Crippen molar-refractivity contribution in [1.29, 1.82) is 0 Å². The normalized spacial score (nSPS) is 10.7. The van der Waals surface area contributed by atoms with Crippen molar-refractivity contribution in [2.75, 3.05) is 12.4 Å². The highest BCUT2D eigenvalue weighted by molar-refractivity contribution is 7.99. The van der Waals surface area contributed by atoms with Crippen LogP contribution in [0.15, 0.2) is 24.3 Å². The molecule has 0 spiro atoms. The van der Waals surface area contributed by atoms with Crippen molar-refractivity contribution in [1.82, 2.24) is 0 Å². The van der Waals surface area contributed by atoms with Crippen LogP contribution in [-0.2, 0) is 15.3 Å². The Bertz CT molecular complexity index is 521. The van der Waals surface area contributed by atoms with Crippen LogP contribution >= 0.6 is 11.8 Å². The SMILES string of the molecule is CC(C)(C)OC(=O)CSCc1cccc(C#CCCO)c1. The van der Waals surface area contributed by atoms with Gasteiger partial charge in [-0.1, -0.05) is 24.0 Å². The number of aliphatic hydroxyl groups excluding tert-OH is 1. The standard InChI is InChI=1S/C17H22O3S/c1-17(2,3)20-16(19)13-21-12-15-9-6-8-14(11-15)7-4-5-10-18/h6,8-9,11,18H,5,10,12-13H2,1-3H3. The zero-order chi connectivity index (χ0) is 15.7. The van der Waals surface area contributed by atoms with Gasteiger partial charge in [0.15, 0.2) is 0 Å². The number of aliphatic hydroxyl groups is 1. The number of benzene rings is 1. The van der Waals surface area contributed by atoms with Gasteiger partial charge in [0.05, 0.1) is 12.4 Å². The molecule has 4 heteroatoms. The number of carbonyl (C=O) groups is 1. The average Bonchev–Trinajstić information content (AvgIpc) is 2.37. The number of ether oxygens (including phenoxy) is 1. The molecule has 0 aromatic heterocycles. The number of thioether (sulfide) groups is 1. The molecule has 1 rings (SSSR count). The van der Waals surface area contributed by atoms with Crippen LogP contribution in [0.4, 0.5) is 0 Å². The number of carbonyl (C=O) groups excluding carboxylic acids is 1. The molecule has 0 radical (unpaired) electrons. The van der Waals surface area contributed by atoms with Crippen LogP contribution < -0.4 is 0 Å². The van der Waals surface area contributed by atoms with E-state index in [0.29, 0.717) is 12.2 Å². The van der Waals surface area contributed by atoms with Gasteiger partial charge in [0.2, 0.25) is 0 Å². The molecule has 1 aromatic carbocycles. The Morgan fingerprint density at radius 2 is 2.14 bits per heavy atom. The Hall–Kier alpha value is -1.44. The van der Waals surface area contributed by atoms with Crippen molar-refractivity contribution >= 4 is 17.7 Å². The van der Waals surface area contributed by atoms with Crippen molar-refractivity contribution in [2.45, 2.75) is 38.5 Å². The third kappa shape index (κ3) is 8.44. The van der Waals surface area contributed by atoms with E-state index in [1.165, 1.54) is 11.8 Å². The molecule has 0 bridgehead atoms. The lowest BCUT2D eigenvalue weighted by Gasteiger charge is -2.19. The molecule has 21 heavy (non-hydrogen) atoms. The molecule has 0 fully saturated rings. The van der Waals surface area contributed by atoms with E-state index in [4.69, 9.17) is 9.84 Å². The topological polar surface area (TPSA) is 46.5 Å². The summed E-state index contributed by atoms with van der Waals surface area (Å²) >= 11 is 1.53. The maximum atomic E-state index is 11.6. The largest absolute Gasteiger partial charge is 0.459 e. The fourth-order valence-corrected chi connectivity index (χ4v) is 2.33. The van der Waals surface area contributed by atoms with Gasteiger partial charge in [0.1, 0.15) is 5.60 Å². The molecular weight excluding hydrogens is 284 g/mol. The Labute approximate surface area is 131 Å². The highest BCUT2D eigenvalue weighted by atomic mass is 32.2. The number of hydrogen-bond acceptors (Lipinski definition) is 4. The van der Waals surface area contributed by atoms with Crippen molar-refractivity contribution in [3.05, 3.63) is 35.4 Å². The van der Waals surface area contributed by atoms with Crippen LogP contribution in [0.2, 0.25) is 0 Å². The molecule has 114 valence electrons. The Kier molecular flexibility index (Phi) is 7.35. The van der Waals surface area contributed by atoms with Crippen LogP contribution in [0.25, 0.3) is 0 Å². The van der Waals surface area contributed by atoms with E-state index in [0.717, 1.165) is 16.9 Å². The molecule has 0 saturated heterocycles. The van der Waals surface area contributed by atoms with Gasteiger partial charge in [0, 0.05) is 17.7 Å². The molecule has 3 nitrogen and oxygen atoms in total. The Morgan fingerprint density at radius 3 is 2.81 bits per heavy atom. The van der Waals surface area contributed by atoms with Gasteiger partial charge in [-0.2, -0.15) is 0 Å². The monoisotopic (exact) mass is 306 g/mol. The fraction of sp³-hybridized carbons (Fsp3) is 0.471. The molecule has 0 heterocycles. The van der Waals surface area contributed by atoms with Crippen LogP contribution in [0, 0.1) is 11.8 Å². The van der Waals surface area contributed by atoms with Gasteiger partial charge >= 0.3 is 5.97 Å². The number of hydrogen-bond donors (Lipinski definition) is 1. The van der Waals surface area contributed by atoms with Crippen molar-refractivity contribution in [3.8, 4) is 11.8 Å². The van der Waals surface area contributed by atoms with Crippen LogP contribution in [-0.4, -0.2) is 29.0 Å². The fourth-order valence-electron chi connectivity index (χ4n) is 1.58. The summed E-state index contributed by atoms with van der Waals surface area (Å²) in [6.07, 6.45) is 0.484. The van der Waals surface area contributed by atoms with Crippen molar-refractivity contribution < 1.29 is 14.6 Å². The first-order chi connectivity index (χ1) is 9.90. The second-order valence-corrected chi connectivity index (χ2v) is 6.54. The van der Waals surface area contributed by atoms with E-state index >= 15 is 0 Å². The maximum Gasteiger partial charge on any atom is 0.316 e. The van der Waals surface area contributed by atoms with Gasteiger partial charge < -0.3 is 9.84 Å². The lowest BCUT2D eigenvalue weighted by Crippen LogP contribution is -2.24. The minimum absolute atomic E-state index is 0.0818. The van der Waals surface area contributed by atoms with Gasteiger partial charge in [-0.3, -0.25) is 4.79 Å². The summed E-state index contributed by atoms with van der Waals surface area (Å²) in [5.41, 5.74) is 1.62. The molecule has 0 aliphatic heterocycles. The van der Waals surface area contributed by atoms with E-state index in [-0.39, 0.29) is 12.6 Å². The summed E-state index contributed by atoms with van der Waals surface area (Å²) < 4.78 is 5.26. The second-order valence-electron chi connectivity index (χ2n) is 5.56. The van der Waals surface area contributed by atoms with E-state index in [2.05, 4.69) is 11.8 Å². The first kappa shape index (κ1) is 17.6. The molecule has 0 atom stereocenters. The van der Waals surface area contributed by atoms with Gasteiger partial charge in [0.25, 0.3) is 0 Å². The summed E-state index contributed by atoms with van der Waals surface area (Å²) in [5, 5.41) is 8.70. The molecule has 1 aromatic rings. The quantitative estimate of drug-likeness (QED) is 0.671. The third-order valence-corrected chi connectivity index (χ3v) is 3.28. The van der Waals surface area contributed by atoms with Crippen molar-refractivity contribution in [2.24, 2.45) is 0 Å². The van der Waals surface area contributed by atoms with Crippen LogP contribution in [0.1, 0.15) is 38.3 Å². The number of esters is 1. The molecule has 1 N–H and O–H groups in total. The summed E-state index contributed by atoms with van der Waals surface area (Å²) in [4.78, 5) is 11.6. The molecule has 0 aliphatic rings. The van der Waals surface area contributed by atoms with Gasteiger partial charge in [-0.15, -0.1) is 11.8 Å². The first-order valence-electron chi connectivity index (χ1n) is 6.89. The van der Waals surface area contributed by atoms with E-state index in [1.54, 1.807) is 0 Å². The lowest BCUT2D eigenvalue weighted by atomic mass is 10.1. The molecular formula is C17H22O3S. The summed E-state index contributed by atoms with van der Waals surface area (Å²) in [6, 6.07) is 7.91. The minimum atomic E-state index is -0.431. The summed E-state index contributed by atoms with van der Waals surface area (Å²) in [5.74, 6) is 6.80. The number of rotatable bonds is 5. The molecule has 0 unspecified atom stereocenters. The van der Waals surface area contributed by atoms with E-state index < -0.39 is 5.60 Å². The predicted molar refractivity (Wildman–Crippen MR) is 87.0 cm³/mol. The van der Waals surface area contributed by atoms with Gasteiger partial charge in [-0.05, 0) is 38.5 Å². The zero-order valence-electron chi connectivity index (χ0n) is 12.8. The molecule has 0 aliphatic carbocycles. The smallest absolute Gasteiger partial charge is 0.316 e. The minimum Gasteiger partial charge on any atom is -0.459 e. The third-order valence-electron chi connectivity index (χ3n) is 2.31. The zero-order valence-corrected chi connectivity index (χ0v) is 13.6. The Balaban J connectivity index is 2.44. The molecule has 0 amide bonds. The highest BCUT2D eigenvalue weighted by Gasteiger charge is 2.15. The highest BCUT2D eigenvalue weighted by Crippen LogP contribution is 2.15. The van der Waals surface area contributed by atoms with E-state index in [1.807, 2.05) is 45.0 Å². The van der Waals surface area contributed by atoms with Crippen LogP contribution in [0.5, 0.6) is 0 Å². The van der Waals surface area contributed by atoms with Gasteiger partial charge in [-0.25, -0.2) is 0 Å². The summed E-state index contributed by atoms with van der Waals surface area (Å²) in [6.45, 7) is 5.68. The second kappa shape index (κ2) is 8.76. The van der Waals surface area contributed by atoms with Crippen LogP contribution in [0.3, 0.4) is 0 Å². The average molecular weight is 306 g/mol. The first-order valence-corrected chi connectivity index (χ1v) is 8.04. The van der Waals surface area contributed by atoms with E-state index in [9.17, 15) is 4.79 Å². The Morgan fingerprint density at radius 1 is 1.38 bits per heavy atom. The lowest BCUT2D eigenvalue weighted by molar-refractivity contribution is -0.151.